The van der Waals surface area contributed by atoms with Gasteiger partial charge in [-0.2, -0.15) is 0 Å². The molecule has 1 fully saturated rings. The molecule has 0 bridgehead atoms. The van der Waals surface area contributed by atoms with Crippen molar-refractivity contribution in [3.8, 4) is 0 Å². The van der Waals surface area contributed by atoms with Crippen LogP contribution < -0.4 is 0 Å². The fourth-order valence-corrected chi connectivity index (χ4v) is 2.73. The van der Waals surface area contributed by atoms with E-state index in [1.54, 1.807) is 0 Å². The predicted octanol–water partition coefficient (Wildman–Crippen LogP) is 2.65. The summed E-state index contributed by atoms with van der Waals surface area (Å²) >= 11 is 0. The smallest absolute Gasteiger partial charge is 0.403 e. The molecule has 102 valence electrons. The van der Waals surface area contributed by atoms with Crippen molar-refractivity contribution in [1.82, 2.24) is 0 Å². The summed E-state index contributed by atoms with van der Waals surface area (Å²) in [6, 6.07) is 0. The van der Waals surface area contributed by atoms with Crippen LogP contribution in [0.25, 0.3) is 0 Å². The molecule has 1 aliphatic heterocycles. The molecule has 18 heavy (non-hydrogen) atoms. The third-order valence-electron chi connectivity index (χ3n) is 4.71. The molecule has 0 spiro atoms. The van der Waals surface area contributed by atoms with Gasteiger partial charge in [0.1, 0.15) is 0 Å². The molecule has 0 amide bonds. The minimum atomic E-state index is -0.290. The monoisotopic (exact) mass is 252 g/mol. The number of hydrogen-bond acceptors (Lipinski definition) is 3. The molecule has 0 radical (unpaired) electrons. The van der Waals surface area contributed by atoms with Crippen molar-refractivity contribution in [2.45, 2.75) is 58.1 Å². The minimum Gasteiger partial charge on any atom is -0.403 e. The van der Waals surface area contributed by atoms with E-state index in [0.717, 1.165) is 6.42 Å². The lowest BCUT2D eigenvalue weighted by atomic mass is 9.59. The molecule has 1 aliphatic carbocycles. The zero-order chi connectivity index (χ0) is 13.6. The van der Waals surface area contributed by atoms with Crippen molar-refractivity contribution < 1.29 is 14.4 Å². The molecule has 1 heterocycles. The van der Waals surface area contributed by atoms with Crippen molar-refractivity contribution in [2.75, 3.05) is 6.61 Å². The number of aliphatic hydroxyl groups is 1. The van der Waals surface area contributed by atoms with Crippen LogP contribution in [-0.2, 0) is 9.31 Å². The summed E-state index contributed by atoms with van der Waals surface area (Å²) in [5, 5.41) is 9.51. The van der Waals surface area contributed by atoms with Gasteiger partial charge in [0.25, 0.3) is 0 Å². The van der Waals surface area contributed by atoms with E-state index in [4.69, 9.17) is 9.31 Å². The molecule has 3 nitrogen and oxygen atoms in total. The number of rotatable bonds is 2. The van der Waals surface area contributed by atoms with Crippen LogP contribution in [0.1, 0.15) is 41.0 Å². The van der Waals surface area contributed by atoms with E-state index in [0.29, 0.717) is 5.92 Å². The van der Waals surface area contributed by atoms with Gasteiger partial charge in [-0.25, -0.2) is 0 Å². The summed E-state index contributed by atoms with van der Waals surface area (Å²) in [6.07, 6.45) is 5.31. The lowest BCUT2D eigenvalue weighted by molar-refractivity contribution is 0.00578. The molecule has 3 atom stereocenters. The highest BCUT2D eigenvalue weighted by molar-refractivity contribution is 6.47. The summed E-state index contributed by atoms with van der Waals surface area (Å²) in [5.41, 5.74) is -0.579. The Balaban J connectivity index is 2.15. The molecule has 1 saturated heterocycles. The van der Waals surface area contributed by atoms with E-state index in [1.165, 1.54) is 0 Å². The third-order valence-corrected chi connectivity index (χ3v) is 4.71. The molecule has 0 saturated carbocycles. The Hall–Kier alpha value is -0.315. The number of allylic oxidation sites excluding steroid dienone is 1. The lowest BCUT2D eigenvalue weighted by Gasteiger charge is -2.32. The van der Waals surface area contributed by atoms with Crippen molar-refractivity contribution in [1.29, 1.82) is 0 Å². The van der Waals surface area contributed by atoms with Crippen molar-refractivity contribution in [3.05, 3.63) is 12.2 Å². The zero-order valence-electron chi connectivity index (χ0n) is 12.1. The van der Waals surface area contributed by atoms with Gasteiger partial charge in [0.2, 0.25) is 0 Å². The van der Waals surface area contributed by atoms with Gasteiger partial charge in [0, 0.05) is 18.3 Å². The largest absolute Gasteiger partial charge is 0.461 e. The molecule has 2 rings (SSSR count). The first-order chi connectivity index (χ1) is 8.27. The second kappa shape index (κ2) is 4.66. The molecule has 0 aromatic rings. The van der Waals surface area contributed by atoms with Crippen LogP contribution in [-0.4, -0.2) is 30.0 Å². The van der Waals surface area contributed by atoms with Crippen LogP contribution >= 0.6 is 0 Å². The maximum absolute atomic E-state index is 9.51. The Morgan fingerprint density at radius 3 is 2.22 bits per heavy atom. The maximum atomic E-state index is 9.51. The summed E-state index contributed by atoms with van der Waals surface area (Å²) < 4.78 is 12.2. The topological polar surface area (TPSA) is 38.7 Å². The third kappa shape index (κ3) is 2.38. The van der Waals surface area contributed by atoms with Crippen LogP contribution in [0, 0.1) is 11.8 Å². The normalized spacial score (nSPS) is 38.1. The molecular formula is C14H25BO3. The summed E-state index contributed by atoms with van der Waals surface area (Å²) in [5.74, 6) is 0.920. The standard InChI is InChI=1S/C14H25BO3/c1-10-6-7-11(9-16)12(8-10)15-17-13(2,3)14(4,5)18-15/h6-7,10-12,16H,8-9H2,1-5H3/t10-,11-,12+/m1/s1. The lowest BCUT2D eigenvalue weighted by Crippen LogP contribution is -2.41. The summed E-state index contributed by atoms with van der Waals surface area (Å²) in [4.78, 5) is 0. The van der Waals surface area contributed by atoms with Crippen LogP contribution in [0.15, 0.2) is 12.2 Å². The number of hydrogen-bond donors (Lipinski definition) is 1. The van der Waals surface area contributed by atoms with E-state index in [9.17, 15) is 5.11 Å². The van der Waals surface area contributed by atoms with E-state index in [2.05, 4.69) is 46.8 Å². The van der Waals surface area contributed by atoms with E-state index >= 15 is 0 Å². The van der Waals surface area contributed by atoms with Gasteiger partial charge in [0.15, 0.2) is 0 Å². The predicted molar refractivity (Wildman–Crippen MR) is 73.3 cm³/mol. The van der Waals surface area contributed by atoms with Gasteiger partial charge >= 0.3 is 7.12 Å². The molecule has 1 N–H and O–H groups in total. The average Bonchev–Trinajstić information content (AvgIpc) is 2.48. The number of aliphatic hydroxyl groups excluding tert-OH is 1. The van der Waals surface area contributed by atoms with Crippen molar-refractivity contribution >= 4 is 7.12 Å². The average molecular weight is 252 g/mol. The Morgan fingerprint density at radius 1 is 1.17 bits per heavy atom. The molecule has 2 aliphatic rings. The highest BCUT2D eigenvalue weighted by Crippen LogP contribution is 2.45. The minimum absolute atomic E-state index is 0.149. The van der Waals surface area contributed by atoms with E-state index in [1.807, 2.05) is 0 Å². The Labute approximate surface area is 111 Å². The molecule has 4 heteroatoms. The van der Waals surface area contributed by atoms with Gasteiger partial charge in [0.05, 0.1) is 11.2 Å². The Bertz CT molecular complexity index is 322. The van der Waals surface area contributed by atoms with Gasteiger partial charge < -0.3 is 14.4 Å². The van der Waals surface area contributed by atoms with Crippen molar-refractivity contribution in [2.24, 2.45) is 11.8 Å². The van der Waals surface area contributed by atoms with Crippen molar-refractivity contribution in [3.63, 3.8) is 0 Å². The molecule has 0 aromatic carbocycles. The SMILES string of the molecule is C[C@@H]1C=C[C@H](CO)[C@@H](B2OC(C)(C)C(C)(C)O2)C1. The van der Waals surface area contributed by atoms with Gasteiger partial charge in [-0.1, -0.05) is 19.1 Å². The van der Waals surface area contributed by atoms with Gasteiger partial charge in [-0.3, -0.25) is 0 Å². The summed E-state index contributed by atoms with van der Waals surface area (Å²) in [6.45, 7) is 10.7. The van der Waals surface area contributed by atoms with Crippen LogP contribution in [0.3, 0.4) is 0 Å². The van der Waals surface area contributed by atoms with E-state index < -0.39 is 0 Å². The molecule has 0 unspecified atom stereocenters. The van der Waals surface area contributed by atoms with Crippen LogP contribution in [0.2, 0.25) is 5.82 Å². The van der Waals surface area contributed by atoms with Gasteiger partial charge in [-0.15, -0.1) is 0 Å². The maximum Gasteiger partial charge on any atom is 0.461 e. The first-order valence-electron chi connectivity index (χ1n) is 6.91. The molecule has 0 aromatic heterocycles. The first-order valence-corrected chi connectivity index (χ1v) is 6.91. The second-order valence-corrected chi connectivity index (χ2v) is 6.73. The highest BCUT2D eigenvalue weighted by atomic mass is 16.7. The fourth-order valence-electron chi connectivity index (χ4n) is 2.73. The quantitative estimate of drug-likeness (QED) is 0.606. The second-order valence-electron chi connectivity index (χ2n) is 6.73. The first kappa shape index (κ1) is 14.1. The molecular weight excluding hydrogens is 227 g/mol. The summed E-state index contributed by atoms with van der Waals surface area (Å²) in [7, 11) is -0.209. The fraction of sp³-hybridized carbons (Fsp3) is 0.857. The zero-order valence-corrected chi connectivity index (χ0v) is 12.1. The Kier molecular flexibility index (Phi) is 3.65. The van der Waals surface area contributed by atoms with Crippen LogP contribution in [0.4, 0.5) is 0 Å². The van der Waals surface area contributed by atoms with Crippen LogP contribution in [0.5, 0.6) is 0 Å². The Morgan fingerprint density at radius 2 is 1.72 bits per heavy atom. The van der Waals surface area contributed by atoms with Gasteiger partial charge in [-0.05, 0) is 40.0 Å². The highest BCUT2D eigenvalue weighted by Gasteiger charge is 2.55. The van der Waals surface area contributed by atoms with E-state index in [-0.39, 0.29) is 36.7 Å².